The number of aryl methyl sites for hydroxylation is 1. The number of hydrogen-bond donors (Lipinski definition) is 2. The first-order valence-electron chi connectivity index (χ1n) is 6.25. The Hall–Kier alpha value is -1.58. The van der Waals surface area contributed by atoms with Gasteiger partial charge in [-0.05, 0) is 31.9 Å². The summed E-state index contributed by atoms with van der Waals surface area (Å²) in [6.45, 7) is 4.03. The summed E-state index contributed by atoms with van der Waals surface area (Å²) in [6.07, 6.45) is 4.98. The second-order valence-corrected chi connectivity index (χ2v) is 4.64. The standard InChI is InChI=1S/C13H20N4/c1-10-6-7-11(12(14)15)13(16-10)17-8-4-2-3-5-9-17/h6-7H,2-5,8-9H2,1H3,(H3,14,15). The van der Waals surface area contributed by atoms with Crippen molar-refractivity contribution in [3.8, 4) is 0 Å². The first-order chi connectivity index (χ1) is 8.18. The predicted molar refractivity (Wildman–Crippen MR) is 70.7 cm³/mol. The van der Waals surface area contributed by atoms with Gasteiger partial charge >= 0.3 is 0 Å². The van der Waals surface area contributed by atoms with Gasteiger partial charge in [-0.3, -0.25) is 5.41 Å². The van der Waals surface area contributed by atoms with Gasteiger partial charge in [0.25, 0.3) is 0 Å². The van der Waals surface area contributed by atoms with Crippen LogP contribution in [0.25, 0.3) is 0 Å². The van der Waals surface area contributed by atoms with Gasteiger partial charge in [0.2, 0.25) is 0 Å². The number of hydrogen-bond acceptors (Lipinski definition) is 3. The van der Waals surface area contributed by atoms with Crippen molar-refractivity contribution in [3.63, 3.8) is 0 Å². The molecule has 2 heterocycles. The smallest absolute Gasteiger partial charge is 0.139 e. The van der Waals surface area contributed by atoms with Gasteiger partial charge in [0, 0.05) is 18.8 Å². The Bertz CT molecular complexity index is 406. The maximum atomic E-state index is 7.63. The number of nitrogens with zero attached hydrogens (tertiary/aromatic N) is 2. The Morgan fingerprint density at radius 3 is 2.47 bits per heavy atom. The molecule has 92 valence electrons. The van der Waals surface area contributed by atoms with Crippen molar-refractivity contribution in [2.45, 2.75) is 32.6 Å². The van der Waals surface area contributed by atoms with Gasteiger partial charge in [-0.2, -0.15) is 0 Å². The number of amidine groups is 1. The van der Waals surface area contributed by atoms with E-state index in [4.69, 9.17) is 11.1 Å². The van der Waals surface area contributed by atoms with Crippen LogP contribution in [-0.4, -0.2) is 23.9 Å². The molecule has 2 rings (SSSR count). The van der Waals surface area contributed by atoms with Crippen LogP contribution in [0.2, 0.25) is 0 Å². The van der Waals surface area contributed by atoms with E-state index in [1.165, 1.54) is 25.7 Å². The molecule has 0 spiro atoms. The van der Waals surface area contributed by atoms with E-state index in [9.17, 15) is 0 Å². The Morgan fingerprint density at radius 1 is 1.24 bits per heavy atom. The lowest BCUT2D eigenvalue weighted by Crippen LogP contribution is -2.28. The second kappa shape index (κ2) is 5.17. The maximum absolute atomic E-state index is 7.63. The fraction of sp³-hybridized carbons (Fsp3) is 0.538. The molecule has 1 fully saturated rings. The SMILES string of the molecule is Cc1ccc(C(=N)N)c(N2CCCCCC2)n1. The van der Waals surface area contributed by atoms with Gasteiger partial charge < -0.3 is 10.6 Å². The average Bonchev–Trinajstić information content (AvgIpc) is 2.56. The summed E-state index contributed by atoms with van der Waals surface area (Å²) in [5, 5.41) is 7.63. The molecule has 4 heteroatoms. The van der Waals surface area contributed by atoms with Gasteiger partial charge in [-0.1, -0.05) is 12.8 Å². The van der Waals surface area contributed by atoms with E-state index in [1.54, 1.807) is 0 Å². The predicted octanol–water partition coefficient (Wildman–Crippen LogP) is 2.05. The lowest BCUT2D eigenvalue weighted by molar-refractivity contribution is 0.726. The van der Waals surface area contributed by atoms with E-state index in [-0.39, 0.29) is 5.84 Å². The normalized spacial score (nSPS) is 16.6. The van der Waals surface area contributed by atoms with Crippen LogP contribution in [0, 0.1) is 12.3 Å². The topological polar surface area (TPSA) is 66.0 Å². The molecule has 4 nitrogen and oxygen atoms in total. The number of nitrogens with two attached hydrogens (primary N) is 1. The zero-order chi connectivity index (χ0) is 12.3. The average molecular weight is 232 g/mol. The third-order valence-electron chi connectivity index (χ3n) is 3.21. The molecule has 1 aromatic heterocycles. The fourth-order valence-corrected chi connectivity index (χ4v) is 2.28. The molecule has 1 saturated heterocycles. The van der Waals surface area contributed by atoms with Gasteiger partial charge in [0.05, 0.1) is 5.56 Å². The molecule has 1 aliphatic heterocycles. The first kappa shape index (κ1) is 11.9. The van der Waals surface area contributed by atoms with Crippen LogP contribution >= 0.6 is 0 Å². The van der Waals surface area contributed by atoms with Crippen LogP contribution in [0.1, 0.15) is 36.9 Å². The third kappa shape index (κ3) is 2.75. The minimum atomic E-state index is 0.108. The van der Waals surface area contributed by atoms with E-state index >= 15 is 0 Å². The first-order valence-corrected chi connectivity index (χ1v) is 6.25. The van der Waals surface area contributed by atoms with Crippen LogP contribution < -0.4 is 10.6 Å². The van der Waals surface area contributed by atoms with Crippen molar-refractivity contribution in [2.75, 3.05) is 18.0 Å². The molecule has 0 bridgehead atoms. The van der Waals surface area contributed by atoms with E-state index in [0.717, 1.165) is 30.2 Å². The highest BCUT2D eigenvalue weighted by atomic mass is 15.2. The molecule has 3 N–H and O–H groups in total. The molecule has 0 amide bonds. The van der Waals surface area contributed by atoms with E-state index in [0.29, 0.717) is 0 Å². The van der Waals surface area contributed by atoms with Crippen LogP contribution in [0.15, 0.2) is 12.1 Å². The Balaban J connectivity index is 2.34. The highest BCUT2D eigenvalue weighted by molar-refractivity contribution is 5.99. The summed E-state index contributed by atoms with van der Waals surface area (Å²) in [5.41, 5.74) is 7.37. The zero-order valence-corrected chi connectivity index (χ0v) is 10.4. The number of pyridine rings is 1. The molecule has 0 atom stereocenters. The van der Waals surface area contributed by atoms with Crippen molar-refractivity contribution < 1.29 is 0 Å². The van der Waals surface area contributed by atoms with Crippen LogP contribution in [0.5, 0.6) is 0 Å². The molecular weight excluding hydrogens is 212 g/mol. The maximum Gasteiger partial charge on any atom is 0.139 e. The highest BCUT2D eigenvalue weighted by Gasteiger charge is 2.16. The van der Waals surface area contributed by atoms with Crippen molar-refractivity contribution in [2.24, 2.45) is 5.73 Å². The Kier molecular flexibility index (Phi) is 3.61. The Labute approximate surface area is 102 Å². The molecule has 17 heavy (non-hydrogen) atoms. The zero-order valence-electron chi connectivity index (χ0n) is 10.4. The molecule has 0 saturated carbocycles. The molecule has 1 aliphatic rings. The van der Waals surface area contributed by atoms with Gasteiger partial charge in [-0.15, -0.1) is 0 Å². The third-order valence-corrected chi connectivity index (χ3v) is 3.21. The van der Waals surface area contributed by atoms with E-state index in [1.807, 2.05) is 19.1 Å². The minimum absolute atomic E-state index is 0.108. The fourth-order valence-electron chi connectivity index (χ4n) is 2.28. The monoisotopic (exact) mass is 232 g/mol. The molecule has 0 aromatic carbocycles. The van der Waals surface area contributed by atoms with Gasteiger partial charge in [0.1, 0.15) is 11.7 Å². The summed E-state index contributed by atoms with van der Waals surface area (Å²) >= 11 is 0. The lowest BCUT2D eigenvalue weighted by Gasteiger charge is -2.24. The van der Waals surface area contributed by atoms with Crippen molar-refractivity contribution in [1.29, 1.82) is 5.41 Å². The molecule has 0 unspecified atom stereocenters. The van der Waals surface area contributed by atoms with E-state index < -0.39 is 0 Å². The van der Waals surface area contributed by atoms with Crippen molar-refractivity contribution in [3.05, 3.63) is 23.4 Å². The highest BCUT2D eigenvalue weighted by Crippen LogP contribution is 2.21. The summed E-state index contributed by atoms with van der Waals surface area (Å²) in [5.74, 6) is 0.996. The van der Waals surface area contributed by atoms with Gasteiger partial charge in [0.15, 0.2) is 0 Å². The molecule has 0 aliphatic carbocycles. The van der Waals surface area contributed by atoms with Crippen LogP contribution in [-0.2, 0) is 0 Å². The summed E-state index contributed by atoms with van der Waals surface area (Å²) in [6, 6.07) is 3.82. The van der Waals surface area contributed by atoms with Gasteiger partial charge in [-0.25, -0.2) is 4.98 Å². The number of rotatable bonds is 2. The number of nitrogens with one attached hydrogen (secondary N) is 1. The molecular formula is C13H20N4. The summed E-state index contributed by atoms with van der Waals surface area (Å²) in [7, 11) is 0. The van der Waals surface area contributed by atoms with Crippen LogP contribution in [0.4, 0.5) is 5.82 Å². The summed E-state index contributed by atoms with van der Waals surface area (Å²) in [4.78, 5) is 6.84. The number of aromatic nitrogens is 1. The number of nitrogen functional groups attached to an aromatic ring is 1. The number of anilines is 1. The largest absolute Gasteiger partial charge is 0.384 e. The second-order valence-electron chi connectivity index (χ2n) is 4.64. The summed E-state index contributed by atoms with van der Waals surface area (Å²) < 4.78 is 0. The van der Waals surface area contributed by atoms with Crippen molar-refractivity contribution in [1.82, 2.24) is 4.98 Å². The van der Waals surface area contributed by atoms with Crippen LogP contribution in [0.3, 0.4) is 0 Å². The quantitative estimate of drug-likeness (QED) is 0.606. The molecule has 1 aromatic rings. The van der Waals surface area contributed by atoms with E-state index in [2.05, 4.69) is 9.88 Å². The minimum Gasteiger partial charge on any atom is -0.384 e. The lowest BCUT2D eigenvalue weighted by atomic mass is 10.2. The van der Waals surface area contributed by atoms with Crippen molar-refractivity contribution >= 4 is 11.7 Å². The Morgan fingerprint density at radius 2 is 1.88 bits per heavy atom. The molecule has 0 radical (unpaired) electrons.